The number of hydrogen-bond acceptors (Lipinski definition) is 6. The van der Waals surface area contributed by atoms with E-state index in [-0.39, 0.29) is 5.91 Å². The van der Waals surface area contributed by atoms with E-state index in [1.54, 1.807) is 23.1 Å². The number of hydrogen-bond donors (Lipinski definition) is 2. The second kappa shape index (κ2) is 5.58. The maximum atomic E-state index is 12.4. The molecule has 1 saturated heterocycles. The minimum absolute atomic E-state index is 0.188. The molecule has 0 spiro atoms. The van der Waals surface area contributed by atoms with E-state index in [1.165, 1.54) is 0 Å². The van der Waals surface area contributed by atoms with Crippen molar-refractivity contribution in [3.63, 3.8) is 0 Å². The summed E-state index contributed by atoms with van der Waals surface area (Å²) in [5.74, 6) is -0.188. The Labute approximate surface area is 128 Å². The molecular formula is C15H20N4O3. The average molecular weight is 304 g/mol. The maximum absolute atomic E-state index is 12.4. The van der Waals surface area contributed by atoms with E-state index < -0.39 is 5.54 Å². The number of nitrogens with one attached hydrogen (secondary N) is 1. The quantitative estimate of drug-likeness (QED) is 0.889. The molecule has 2 heterocycles. The summed E-state index contributed by atoms with van der Waals surface area (Å²) >= 11 is 0. The SMILES string of the molecule is CN(C)c1nc2cc(NC(=O)C3(N)CCOCC3)ccc2o1. The Morgan fingerprint density at radius 1 is 1.36 bits per heavy atom. The van der Waals surface area contributed by atoms with Crippen LogP contribution in [-0.4, -0.2) is 43.7 Å². The average Bonchev–Trinajstić information content (AvgIpc) is 2.91. The van der Waals surface area contributed by atoms with Crippen LogP contribution in [0.25, 0.3) is 11.1 Å². The molecule has 3 N–H and O–H groups in total. The smallest absolute Gasteiger partial charge is 0.297 e. The molecule has 7 heteroatoms. The molecule has 1 fully saturated rings. The summed E-state index contributed by atoms with van der Waals surface area (Å²) in [4.78, 5) is 18.5. The lowest BCUT2D eigenvalue weighted by atomic mass is 9.90. The van der Waals surface area contributed by atoms with Crippen LogP contribution in [0.5, 0.6) is 0 Å². The van der Waals surface area contributed by atoms with E-state index >= 15 is 0 Å². The molecule has 0 saturated carbocycles. The molecule has 0 unspecified atom stereocenters. The zero-order valence-electron chi connectivity index (χ0n) is 12.8. The maximum Gasteiger partial charge on any atom is 0.297 e. The molecule has 1 aromatic heterocycles. The Morgan fingerprint density at radius 2 is 2.09 bits per heavy atom. The van der Waals surface area contributed by atoms with Crippen molar-refractivity contribution in [2.45, 2.75) is 18.4 Å². The molecule has 3 rings (SSSR count). The van der Waals surface area contributed by atoms with Crippen molar-refractivity contribution in [3.05, 3.63) is 18.2 Å². The molecule has 0 radical (unpaired) electrons. The van der Waals surface area contributed by atoms with Gasteiger partial charge in [-0.2, -0.15) is 4.98 Å². The van der Waals surface area contributed by atoms with Gasteiger partial charge in [0.05, 0.1) is 0 Å². The Bertz CT molecular complexity index is 689. The van der Waals surface area contributed by atoms with Gasteiger partial charge in [-0.1, -0.05) is 0 Å². The van der Waals surface area contributed by atoms with Gasteiger partial charge in [0.25, 0.3) is 6.01 Å². The van der Waals surface area contributed by atoms with Crippen LogP contribution in [0.4, 0.5) is 11.7 Å². The van der Waals surface area contributed by atoms with E-state index in [0.717, 1.165) is 0 Å². The summed E-state index contributed by atoms with van der Waals surface area (Å²) in [7, 11) is 3.72. The Hall–Kier alpha value is -2.12. The lowest BCUT2D eigenvalue weighted by molar-refractivity contribution is -0.124. The highest BCUT2D eigenvalue weighted by atomic mass is 16.5. The van der Waals surface area contributed by atoms with Crippen LogP contribution in [0.15, 0.2) is 22.6 Å². The van der Waals surface area contributed by atoms with E-state index in [0.29, 0.717) is 48.9 Å². The third-order valence-corrected chi connectivity index (χ3v) is 3.85. The predicted molar refractivity (Wildman–Crippen MR) is 83.9 cm³/mol. The van der Waals surface area contributed by atoms with Gasteiger partial charge in [-0.25, -0.2) is 0 Å². The van der Waals surface area contributed by atoms with Crippen molar-refractivity contribution >= 4 is 28.7 Å². The fourth-order valence-electron chi connectivity index (χ4n) is 2.40. The fraction of sp³-hybridized carbons (Fsp3) is 0.467. The second-order valence-corrected chi connectivity index (χ2v) is 5.80. The van der Waals surface area contributed by atoms with Gasteiger partial charge in [0, 0.05) is 33.0 Å². The second-order valence-electron chi connectivity index (χ2n) is 5.80. The zero-order chi connectivity index (χ0) is 15.7. The van der Waals surface area contributed by atoms with Crippen LogP contribution >= 0.6 is 0 Å². The third-order valence-electron chi connectivity index (χ3n) is 3.85. The number of fused-ring (bicyclic) bond motifs is 1. The van der Waals surface area contributed by atoms with E-state index in [1.807, 2.05) is 14.1 Å². The normalized spacial score (nSPS) is 17.4. The molecule has 118 valence electrons. The van der Waals surface area contributed by atoms with Crippen molar-refractivity contribution in [3.8, 4) is 0 Å². The fourth-order valence-corrected chi connectivity index (χ4v) is 2.40. The van der Waals surface area contributed by atoms with Crippen molar-refractivity contribution in [2.24, 2.45) is 5.73 Å². The number of amides is 1. The van der Waals surface area contributed by atoms with Crippen LogP contribution in [0.1, 0.15) is 12.8 Å². The molecule has 1 aliphatic rings. The van der Waals surface area contributed by atoms with Crippen LogP contribution < -0.4 is 16.0 Å². The van der Waals surface area contributed by atoms with E-state index in [9.17, 15) is 4.79 Å². The number of oxazole rings is 1. The Morgan fingerprint density at radius 3 is 2.77 bits per heavy atom. The number of rotatable bonds is 3. The highest BCUT2D eigenvalue weighted by Gasteiger charge is 2.35. The number of benzene rings is 1. The van der Waals surface area contributed by atoms with Gasteiger partial charge in [0.1, 0.15) is 11.1 Å². The first-order valence-corrected chi connectivity index (χ1v) is 7.24. The summed E-state index contributed by atoms with van der Waals surface area (Å²) in [6, 6.07) is 5.89. The van der Waals surface area contributed by atoms with Gasteiger partial charge in [-0.15, -0.1) is 0 Å². The Balaban J connectivity index is 1.80. The third kappa shape index (κ3) is 2.77. The van der Waals surface area contributed by atoms with E-state index in [2.05, 4.69) is 10.3 Å². The molecule has 2 aromatic rings. The first kappa shape index (κ1) is 14.8. The summed E-state index contributed by atoms with van der Waals surface area (Å²) < 4.78 is 10.8. The molecule has 0 aliphatic carbocycles. The summed E-state index contributed by atoms with van der Waals surface area (Å²) in [6.07, 6.45) is 1.05. The van der Waals surface area contributed by atoms with Gasteiger partial charge in [-0.3, -0.25) is 4.79 Å². The first-order valence-electron chi connectivity index (χ1n) is 7.24. The van der Waals surface area contributed by atoms with Crippen LogP contribution in [0.2, 0.25) is 0 Å². The zero-order valence-corrected chi connectivity index (χ0v) is 12.8. The van der Waals surface area contributed by atoms with Gasteiger partial charge in [0.2, 0.25) is 5.91 Å². The number of nitrogens with two attached hydrogens (primary N) is 1. The lowest BCUT2D eigenvalue weighted by Gasteiger charge is -2.31. The molecule has 1 aromatic carbocycles. The molecule has 0 bridgehead atoms. The van der Waals surface area contributed by atoms with Crippen molar-refractivity contribution in [2.75, 3.05) is 37.5 Å². The number of anilines is 2. The highest BCUT2D eigenvalue weighted by Crippen LogP contribution is 2.25. The highest BCUT2D eigenvalue weighted by molar-refractivity contribution is 5.99. The van der Waals surface area contributed by atoms with Crippen molar-refractivity contribution < 1.29 is 13.9 Å². The minimum Gasteiger partial charge on any atom is -0.423 e. The number of nitrogens with zero attached hydrogens (tertiary/aromatic N) is 2. The Kier molecular flexibility index (Phi) is 3.76. The molecule has 1 aliphatic heterocycles. The van der Waals surface area contributed by atoms with E-state index in [4.69, 9.17) is 14.9 Å². The summed E-state index contributed by atoms with van der Waals surface area (Å²) in [5, 5.41) is 2.87. The topological polar surface area (TPSA) is 93.6 Å². The first-order chi connectivity index (χ1) is 10.5. The van der Waals surface area contributed by atoms with Crippen LogP contribution in [0.3, 0.4) is 0 Å². The van der Waals surface area contributed by atoms with Crippen molar-refractivity contribution in [1.82, 2.24) is 4.98 Å². The number of ether oxygens (including phenoxy) is 1. The molecular weight excluding hydrogens is 284 g/mol. The summed E-state index contributed by atoms with van der Waals surface area (Å²) in [6.45, 7) is 1.02. The van der Waals surface area contributed by atoms with Crippen molar-refractivity contribution in [1.29, 1.82) is 0 Å². The molecule has 0 atom stereocenters. The largest absolute Gasteiger partial charge is 0.423 e. The van der Waals surface area contributed by atoms with Gasteiger partial charge < -0.3 is 25.1 Å². The van der Waals surface area contributed by atoms with Gasteiger partial charge in [0.15, 0.2) is 5.58 Å². The molecule has 1 amide bonds. The molecule has 22 heavy (non-hydrogen) atoms. The van der Waals surface area contributed by atoms with Crippen LogP contribution in [-0.2, 0) is 9.53 Å². The number of carbonyl (C=O) groups is 1. The number of carbonyl (C=O) groups excluding carboxylic acids is 1. The lowest BCUT2D eigenvalue weighted by Crippen LogP contribution is -2.54. The minimum atomic E-state index is -0.869. The van der Waals surface area contributed by atoms with Gasteiger partial charge >= 0.3 is 0 Å². The molecule has 7 nitrogen and oxygen atoms in total. The summed E-state index contributed by atoms with van der Waals surface area (Å²) in [5.41, 5.74) is 7.33. The van der Waals surface area contributed by atoms with Crippen LogP contribution in [0, 0.1) is 0 Å². The predicted octanol–water partition coefficient (Wildman–Crippen LogP) is 1.34. The standard InChI is InChI=1S/C15H20N4O3/c1-19(2)14-18-11-9-10(3-4-12(11)22-14)17-13(20)15(16)5-7-21-8-6-15/h3-4,9H,5-8,16H2,1-2H3,(H,17,20). The number of aromatic nitrogens is 1. The monoisotopic (exact) mass is 304 g/mol. The van der Waals surface area contributed by atoms with Gasteiger partial charge in [-0.05, 0) is 31.0 Å².